The number of hydrogen-bond acceptors (Lipinski definition) is 4. The first-order valence-corrected chi connectivity index (χ1v) is 7.48. The molecule has 2 aromatic rings. The maximum absolute atomic E-state index is 12.4. The first kappa shape index (κ1) is 13.2. The smallest absolute Gasteiger partial charge is 0.238 e. The van der Waals surface area contributed by atoms with Crippen LogP contribution >= 0.6 is 11.8 Å². The topological polar surface area (TPSA) is 59.8 Å². The van der Waals surface area contributed by atoms with Gasteiger partial charge in [-0.2, -0.15) is 0 Å². The van der Waals surface area contributed by atoms with Gasteiger partial charge in [0.1, 0.15) is 11.6 Å². The van der Waals surface area contributed by atoms with Crippen molar-refractivity contribution in [2.24, 2.45) is 7.05 Å². The molecule has 3 rings (SSSR count). The van der Waals surface area contributed by atoms with Crippen molar-refractivity contribution in [3.05, 3.63) is 42.2 Å². The zero-order chi connectivity index (χ0) is 13.9. The number of aryl methyl sites for hydroxylation is 1. The van der Waals surface area contributed by atoms with E-state index in [0.29, 0.717) is 6.04 Å². The lowest BCUT2D eigenvalue weighted by molar-refractivity contribution is -0.120. The molecule has 1 aromatic carbocycles. The molecule has 0 saturated heterocycles. The highest BCUT2D eigenvalue weighted by Crippen LogP contribution is 2.34. The van der Waals surface area contributed by atoms with Gasteiger partial charge in [0.2, 0.25) is 5.91 Å². The second-order valence-electron chi connectivity index (χ2n) is 4.92. The zero-order valence-corrected chi connectivity index (χ0v) is 12.0. The molecule has 20 heavy (non-hydrogen) atoms. The lowest BCUT2D eigenvalue weighted by Crippen LogP contribution is -2.29. The fourth-order valence-electron chi connectivity index (χ4n) is 1.89. The number of carbonyl (C=O) groups is 1. The summed E-state index contributed by atoms with van der Waals surface area (Å²) in [4.78, 5) is 12.4. The Bertz CT molecular complexity index is 594. The molecule has 1 saturated carbocycles. The van der Waals surface area contributed by atoms with E-state index in [2.05, 4.69) is 15.5 Å². The van der Waals surface area contributed by atoms with Crippen LogP contribution in [0.15, 0.2) is 41.8 Å². The number of aromatic nitrogens is 3. The molecule has 1 fully saturated rings. The number of benzene rings is 1. The molecule has 1 heterocycles. The van der Waals surface area contributed by atoms with Crippen molar-refractivity contribution in [2.75, 3.05) is 0 Å². The standard InChI is InChI=1S/C14H16N4OS/c1-18-9-15-17-14(18)20-12(10-5-3-2-4-6-10)13(19)16-11-7-8-11/h2-6,9,11-12H,7-8H2,1H3,(H,16,19). The Kier molecular flexibility index (Phi) is 3.73. The minimum Gasteiger partial charge on any atom is -0.352 e. The average molecular weight is 288 g/mol. The van der Waals surface area contributed by atoms with E-state index >= 15 is 0 Å². The fraction of sp³-hybridized carbons (Fsp3) is 0.357. The largest absolute Gasteiger partial charge is 0.352 e. The number of amides is 1. The number of carbonyl (C=O) groups excluding carboxylic acids is 1. The molecule has 1 atom stereocenters. The SMILES string of the molecule is Cn1cnnc1SC(C(=O)NC1CC1)c1ccccc1. The van der Waals surface area contributed by atoms with Gasteiger partial charge in [-0.15, -0.1) is 10.2 Å². The van der Waals surface area contributed by atoms with Crippen molar-refractivity contribution in [2.45, 2.75) is 29.3 Å². The van der Waals surface area contributed by atoms with Gasteiger partial charge in [-0.3, -0.25) is 4.79 Å². The van der Waals surface area contributed by atoms with Gasteiger partial charge in [0, 0.05) is 13.1 Å². The van der Waals surface area contributed by atoms with Gasteiger partial charge < -0.3 is 9.88 Å². The van der Waals surface area contributed by atoms with Crippen LogP contribution in [0, 0.1) is 0 Å². The Balaban J connectivity index is 1.82. The molecular formula is C14H16N4OS. The van der Waals surface area contributed by atoms with Gasteiger partial charge in [-0.1, -0.05) is 42.1 Å². The van der Waals surface area contributed by atoms with Gasteiger partial charge >= 0.3 is 0 Å². The van der Waals surface area contributed by atoms with E-state index in [4.69, 9.17) is 0 Å². The number of thioether (sulfide) groups is 1. The molecule has 1 unspecified atom stereocenters. The summed E-state index contributed by atoms with van der Waals surface area (Å²) in [5.41, 5.74) is 0.985. The monoisotopic (exact) mass is 288 g/mol. The van der Waals surface area contributed by atoms with Crippen LogP contribution in [-0.4, -0.2) is 26.7 Å². The van der Waals surface area contributed by atoms with Gasteiger partial charge in [-0.05, 0) is 18.4 Å². The predicted octanol–water partition coefficient (Wildman–Crippen LogP) is 1.93. The van der Waals surface area contributed by atoms with Gasteiger partial charge in [0.25, 0.3) is 0 Å². The highest BCUT2D eigenvalue weighted by molar-refractivity contribution is 8.00. The lowest BCUT2D eigenvalue weighted by atomic mass is 10.1. The van der Waals surface area contributed by atoms with Gasteiger partial charge in [-0.25, -0.2) is 0 Å². The minimum atomic E-state index is -0.292. The van der Waals surface area contributed by atoms with Crippen LogP contribution in [0.3, 0.4) is 0 Å². The highest BCUT2D eigenvalue weighted by atomic mass is 32.2. The summed E-state index contributed by atoms with van der Waals surface area (Å²) in [6.45, 7) is 0. The normalized spacial score (nSPS) is 15.8. The van der Waals surface area contributed by atoms with E-state index in [-0.39, 0.29) is 11.2 Å². The molecule has 1 amide bonds. The third kappa shape index (κ3) is 3.01. The third-order valence-electron chi connectivity index (χ3n) is 3.16. The van der Waals surface area contributed by atoms with Crippen LogP contribution in [0.5, 0.6) is 0 Å². The third-order valence-corrected chi connectivity index (χ3v) is 4.46. The summed E-state index contributed by atoms with van der Waals surface area (Å²) in [6.07, 6.45) is 3.81. The molecule has 0 aliphatic heterocycles. The average Bonchev–Trinajstić information content (AvgIpc) is 3.18. The molecule has 6 heteroatoms. The molecule has 0 spiro atoms. The molecule has 104 valence electrons. The summed E-state index contributed by atoms with van der Waals surface area (Å²) in [6, 6.07) is 10.1. The second-order valence-corrected chi connectivity index (χ2v) is 5.99. The Hall–Kier alpha value is -1.82. The van der Waals surface area contributed by atoms with Crippen molar-refractivity contribution in [1.29, 1.82) is 0 Å². The zero-order valence-electron chi connectivity index (χ0n) is 11.2. The molecule has 5 nitrogen and oxygen atoms in total. The van der Waals surface area contributed by atoms with Crippen LogP contribution in [0.25, 0.3) is 0 Å². The van der Waals surface area contributed by atoms with Gasteiger partial charge in [0.15, 0.2) is 5.16 Å². The number of rotatable bonds is 5. The highest BCUT2D eigenvalue weighted by Gasteiger charge is 2.29. The van der Waals surface area contributed by atoms with Crippen LogP contribution in [0.4, 0.5) is 0 Å². The van der Waals surface area contributed by atoms with E-state index in [0.717, 1.165) is 23.6 Å². The maximum atomic E-state index is 12.4. The first-order valence-electron chi connectivity index (χ1n) is 6.60. The second kappa shape index (κ2) is 5.66. The Morgan fingerprint density at radius 2 is 2.15 bits per heavy atom. The van der Waals surface area contributed by atoms with Crippen molar-refractivity contribution < 1.29 is 4.79 Å². The van der Waals surface area contributed by atoms with Crippen molar-refractivity contribution >= 4 is 17.7 Å². The molecule has 1 N–H and O–H groups in total. The summed E-state index contributed by atoms with van der Waals surface area (Å²) in [5.74, 6) is 0.0479. The number of nitrogens with zero attached hydrogens (tertiary/aromatic N) is 3. The predicted molar refractivity (Wildman–Crippen MR) is 77.2 cm³/mol. The van der Waals surface area contributed by atoms with E-state index in [1.165, 1.54) is 11.8 Å². The van der Waals surface area contributed by atoms with Crippen LogP contribution in [-0.2, 0) is 11.8 Å². The van der Waals surface area contributed by atoms with Crippen LogP contribution in [0.1, 0.15) is 23.7 Å². The minimum absolute atomic E-state index is 0.0479. The lowest BCUT2D eigenvalue weighted by Gasteiger charge is -2.16. The van der Waals surface area contributed by atoms with Crippen LogP contribution in [0.2, 0.25) is 0 Å². The first-order chi connectivity index (χ1) is 9.74. The van der Waals surface area contributed by atoms with Crippen molar-refractivity contribution in [3.63, 3.8) is 0 Å². The quantitative estimate of drug-likeness (QED) is 0.854. The molecule has 0 bridgehead atoms. The molecule has 0 radical (unpaired) electrons. The van der Waals surface area contributed by atoms with Crippen molar-refractivity contribution in [1.82, 2.24) is 20.1 Å². The van der Waals surface area contributed by atoms with E-state index < -0.39 is 0 Å². The number of hydrogen-bond donors (Lipinski definition) is 1. The van der Waals surface area contributed by atoms with Crippen molar-refractivity contribution in [3.8, 4) is 0 Å². The van der Waals surface area contributed by atoms with E-state index in [1.807, 2.05) is 41.9 Å². The summed E-state index contributed by atoms with van der Waals surface area (Å²) >= 11 is 1.43. The molecular weight excluding hydrogens is 272 g/mol. The Morgan fingerprint density at radius 3 is 2.75 bits per heavy atom. The maximum Gasteiger partial charge on any atom is 0.238 e. The molecule has 1 aromatic heterocycles. The van der Waals surface area contributed by atoms with E-state index in [9.17, 15) is 4.79 Å². The molecule has 1 aliphatic rings. The summed E-state index contributed by atoms with van der Waals surface area (Å²) < 4.78 is 1.82. The van der Waals surface area contributed by atoms with E-state index in [1.54, 1.807) is 6.33 Å². The van der Waals surface area contributed by atoms with Gasteiger partial charge in [0.05, 0.1) is 0 Å². The van der Waals surface area contributed by atoms with Crippen LogP contribution < -0.4 is 5.32 Å². The fourth-order valence-corrected chi connectivity index (χ4v) is 2.88. The number of nitrogens with one attached hydrogen (secondary N) is 1. The Morgan fingerprint density at radius 1 is 1.40 bits per heavy atom. The summed E-state index contributed by atoms with van der Waals surface area (Å²) in [7, 11) is 1.88. The molecule has 1 aliphatic carbocycles. The Labute approximate surface area is 121 Å². The summed E-state index contributed by atoms with van der Waals surface area (Å²) in [5, 5.41) is 11.4.